The molecule has 0 saturated carbocycles. The van der Waals surface area contributed by atoms with Gasteiger partial charge in [-0.2, -0.15) is 0 Å². The number of amides is 1. The summed E-state index contributed by atoms with van der Waals surface area (Å²) in [4.78, 5) is 17.8. The first kappa shape index (κ1) is 13.1. The number of halogens is 1. The first-order valence-electron chi connectivity index (χ1n) is 6.65. The lowest BCUT2D eigenvalue weighted by Gasteiger charge is -2.28. The highest BCUT2D eigenvalue weighted by molar-refractivity contribution is 5.70. The van der Waals surface area contributed by atoms with E-state index in [2.05, 4.69) is 4.98 Å². The summed E-state index contributed by atoms with van der Waals surface area (Å²) in [7, 11) is 0. The fourth-order valence-corrected chi connectivity index (χ4v) is 2.64. The summed E-state index contributed by atoms with van der Waals surface area (Å²) in [5, 5.41) is 0. The van der Waals surface area contributed by atoms with Crippen molar-refractivity contribution in [1.29, 1.82) is 0 Å². The van der Waals surface area contributed by atoms with Gasteiger partial charge in [0.15, 0.2) is 0 Å². The SMILES string of the molecule is CC(C)(C)OC(=O)N1C[C@@H]2C[C@H]1c1cc(F)cnc1O2. The van der Waals surface area contributed by atoms with E-state index in [9.17, 15) is 9.18 Å². The number of hydrogen-bond donors (Lipinski definition) is 0. The van der Waals surface area contributed by atoms with Crippen LogP contribution in [0.2, 0.25) is 0 Å². The average Bonchev–Trinajstić information content (AvgIpc) is 2.67. The van der Waals surface area contributed by atoms with Crippen molar-refractivity contribution in [3.8, 4) is 5.88 Å². The van der Waals surface area contributed by atoms with Crippen LogP contribution in [-0.2, 0) is 4.74 Å². The van der Waals surface area contributed by atoms with Crippen molar-refractivity contribution in [1.82, 2.24) is 9.88 Å². The van der Waals surface area contributed by atoms with Crippen LogP contribution in [0.5, 0.6) is 5.88 Å². The Bertz CT molecular complexity index is 556. The molecule has 0 aromatic carbocycles. The van der Waals surface area contributed by atoms with Gasteiger partial charge in [0.2, 0.25) is 5.88 Å². The number of aromatic nitrogens is 1. The molecule has 5 nitrogen and oxygen atoms in total. The number of fused-ring (bicyclic) bond motifs is 4. The summed E-state index contributed by atoms with van der Waals surface area (Å²) in [6, 6.07) is 1.16. The summed E-state index contributed by atoms with van der Waals surface area (Å²) in [6.45, 7) is 5.90. The van der Waals surface area contributed by atoms with Crippen molar-refractivity contribution in [3.05, 3.63) is 23.6 Å². The first-order chi connectivity index (χ1) is 9.33. The van der Waals surface area contributed by atoms with Gasteiger partial charge in [-0.3, -0.25) is 4.90 Å². The lowest BCUT2D eigenvalue weighted by Crippen LogP contribution is -2.36. The predicted molar refractivity (Wildman–Crippen MR) is 68.9 cm³/mol. The van der Waals surface area contributed by atoms with Crippen molar-refractivity contribution < 1.29 is 18.7 Å². The molecule has 1 fully saturated rings. The zero-order chi connectivity index (χ0) is 14.5. The van der Waals surface area contributed by atoms with Crippen LogP contribution in [-0.4, -0.2) is 34.2 Å². The fourth-order valence-electron chi connectivity index (χ4n) is 2.64. The van der Waals surface area contributed by atoms with E-state index in [1.54, 1.807) is 4.90 Å². The quantitative estimate of drug-likeness (QED) is 0.733. The third kappa shape index (κ3) is 2.30. The van der Waals surface area contributed by atoms with E-state index in [4.69, 9.17) is 9.47 Å². The zero-order valence-corrected chi connectivity index (χ0v) is 11.7. The van der Waals surface area contributed by atoms with Gasteiger partial charge in [-0.15, -0.1) is 0 Å². The second-order valence-corrected chi connectivity index (χ2v) is 6.17. The Balaban J connectivity index is 1.88. The van der Waals surface area contributed by atoms with Crippen molar-refractivity contribution in [2.45, 2.75) is 44.9 Å². The maximum Gasteiger partial charge on any atom is 0.410 e. The van der Waals surface area contributed by atoms with E-state index < -0.39 is 17.5 Å². The molecule has 6 heteroatoms. The second-order valence-electron chi connectivity index (χ2n) is 6.17. The van der Waals surface area contributed by atoms with E-state index in [0.717, 1.165) is 6.20 Å². The molecule has 2 aliphatic heterocycles. The minimum Gasteiger partial charge on any atom is -0.472 e. The molecule has 0 unspecified atom stereocenters. The van der Waals surface area contributed by atoms with E-state index in [1.165, 1.54) is 6.07 Å². The molecule has 3 heterocycles. The normalized spacial score (nSPS) is 24.1. The van der Waals surface area contributed by atoms with E-state index >= 15 is 0 Å². The molecule has 0 aliphatic carbocycles. The van der Waals surface area contributed by atoms with Crippen LogP contribution >= 0.6 is 0 Å². The Labute approximate surface area is 116 Å². The lowest BCUT2D eigenvalue weighted by molar-refractivity contribution is 0.0222. The van der Waals surface area contributed by atoms with Crippen LogP contribution in [0.25, 0.3) is 0 Å². The number of hydrogen-bond acceptors (Lipinski definition) is 4. The van der Waals surface area contributed by atoms with Gasteiger partial charge in [-0.05, 0) is 26.8 Å². The molecule has 0 N–H and O–H groups in total. The van der Waals surface area contributed by atoms with Gasteiger partial charge in [0, 0.05) is 12.0 Å². The number of nitrogens with zero attached hydrogens (tertiary/aromatic N) is 2. The lowest BCUT2D eigenvalue weighted by atomic mass is 10.0. The largest absolute Gasteiger partial charge is 0.472 e. The molecular weight excluding hydrogens is 263 g/mol. The third-order valence-corrected chi connectivity index (χ3v) is 3.37. The van der Waals surface area contributed by atoms with Crippen LogP contribution in [0.1, 0.15) is 38.8 Å². The Morgan fingerprint density at radius 1 is 1.55 bits per heavy atom. The summed E-state index contributed by atoms with van der Waals surface area (Å²) >= 11 is 0. The Morgan fingerprint density at radius 3 is 3.00 bits per heavy atom. The summed E-state index contributed by atoms with van der Waals surface area (Å²) < 4.78 is 24.4. The molecule has 0 spiro atoms. The smallest absolute Gasteiger partial charge is 0.410 e. The summed E-state index contributed by atoms with van der Waals surface area (Å²) in [5.74, 6) is -0.0134. The number of rotatable bonds is 0. The van der Waals surface area contributed by atoms with Gasteiger partial charge in [-0.25, -0.2) is 14.2 Å². The highest BCUT2D eigenvalue weighted by Gasteiger charge is 2.44. The first-order valence-corrected chi connectivity index (χ1v) is 6.65. The molecule has 0 radical (unpaired) electrons. The van der Waals surface area contributed by atoms with Gasteiger partial charge in [0.1, 0.15) is 17.5 Å². The predicted octanol–water partition coefficient (Wildman–Crippen LogP) is 2.66. The van der Waals surface area contributed by atoms with E-state index in [1.807, 2.05) is 20.8 Å². The van der Waals surface area contributed by atoms with Crippen molar-refractivity contribution in [2.75, 3.05) is 6.54 Å². The maximum absolute atomic E-state index is 13.4. The number of ether oxygens (including phenoxy) is 2. The van der Waals surface area contributed by atoms with E-state index in [-0.39, 0.29) is 12.1 Å². The molecule has 20 heavy (non-hydrogen) atoms. The minimum absolute atomic E-state index is 0.0991. The fraction of sp³-hybridized carbons (Fsp3) is 0.571. The second kappa shape index (κ2) is 4.33. The number of carbonyl (C=O) groups is 1. The van der Waals surface area contributed by atoms with Crippen molar-refractivity contribution >= 4 is 6.09 Å². The maximum atomic E-state index is 13.4. The third-order valence-electron chi connectivity index (χ3n) is 3.37. The van der Waals surface area contributed by atoms with E-state index in [0.29, 0.717) is 24.4 Å². The van der Waals surface area contributed by atoms with Crippen LogP contribution in [0, 0.1) is 5.82 Å². The molecule has 3 rings (SSSR count). The number of likely N-dealkylation sites (tertiary alicyclic amines) is 1. The van der Waals surface area contributed by atoms with Crippen LogP contribution in [0.15, 0.2) is 12.3 Å². The Hall–Kier alpha value is -1.85. The zero-order valence-electron chi connectivity index (χ0n) is 11.7. The molecule has 1 aromatic heterocycles. The monoisotopic (exact) mass is 280 g/mol. The minimum atomic E-state index is -0.558. The highest BCUT2D eigenvalue weighted by Crippen LogP contribution is 2.43. The molecule has 2 bridgehead atoms. The Morgan fingerprint density at radius 2 is 2.30 bits per heavy atom. The molecule has 2 aliphatic rings. The highest BCUT2D eigenvalue weighted by atomic mass is 19.1. The molecule has 2 atom stereocenters. The van der Waals surface area contributed by atoms with Crippen LogP contribution in [0.4, 0.5) is 9.18 Å². The molecule has 108 valence electrons. The number of pyridine rings is 1. The molecular formula is C14H17FN2O3. The van der Waals surface area contributed by atoms with Gasteiger partial charge < -0.3 is 9.47 Å². The number of carbonyl (C=O) groups excluding carboxylic acids is 1. The molecule has 1 aromatic rings. The van der Waals surface area contributed by atoms with Gasteiger partial charge in [-0.1, -0.05) is 0 Å². The summed E-state index contributed by atoms with van der Waals surface area (Å²) in [5.41, 5.74) is 0.0575. The van der Waals surface area contributed by atoms with Crippen molar-refractivity contribution in [3.63, 3.8) is 0 Å². The van der Waals surface area contributed by atoms with Gasteiger partial charge in [0.25, 0.3) is 0 Å². The standard InChI is InChI=1S/C14H17FN2O3/c1-14(2,3)20-13(18)17-7-9-5-11(17)10-4-8(15)6-16-12(10)19-9/h4,6,9,11H,5,7H2,1-3H3/t9-,11-/m0/s1. The van der Waals surface area contributed by atoms with Gasteiger partial charge >= 0.3 is 6.09 Å². The van der Waals surface area contributed by atoms with Gasteiger partial charge in [0.05, 0.1) is 18.8 Å². The van der Waals surface area contributed by atoms with Crippen LogP contribution < -0.4 is 4.74 Å². The molecule has 1 amide bonds. The Kier molecular flexibility index (Phi) is 2.84. The van der Waals surface area contributed by atoms with Crippen molar-refractivity contribution in [2.24, 2.45) is 0 Å². The molecule has 1 saturated heterocycles. The topological polar surface area (TPSA) is 51.7 Å². The average molecular weight is 280 g/mol. The summed E-state index contributed by atoms with van der Waals surface area (Å²) in [6.07, 6.45) is 1.28. The van der Waals surface area contributed by atoms with Crippen LogP contribution in [0.3, 0.4) is 0 Å².